The van der Waals surface area contributed by atoms with E-state index in [1.54, 1.807) is 65.0 Å². The van der Waals surface area contributed by atoms with Crippen LogP contribution in [0.4, 0.5) is 0 Å². The van der Waals surface area contributed by atoms with E-state index in [1.165, 1.54) is 13.8 Å². The Morgan fingerprint density at radius 1 is 0.609 bits per heavy atom. The lowest BCUT2D eigenvalue weighted by Gasteiger charge is -2.36. The maximum absolute atomic E-state index is 14.8. The largest absolute Gasteiger partial charge is 0.481 e. The van der Waals surface area contributed by atoms with Crippen molar-refractivity contribution < 1.29 is 48.6 Å². The Labute approximate surface area is 375 Å². The summed E-state index contributed by atoms with van der Waals surface area (Å²) >= 11 is 0. The molecule has 0 radical (unpaired) electrons. The molecule has 0 bridgehead atoms. The predicted molar refractivity (Wildman–Crippen MR) is 240 cm³/mol. The number of amides is 6. The Morgan fingerprint density at radius 3 is 1.52 bits per heavy atom. The molecule has 3 aromatic carbocycles. The van der Waals surface area contributed by atoms with Crippen molar-refractivity contribution in [2.75, 3.05) is 0 Å². The van der Waals surface area contributed by atoms with Gasteiger partial charge in [0.05, 0.1) is 18.9 Å². The van der Waals surface area contributed by atoms with E-state index in [1.807, 2.05) is 60.7 Å². The maximum atomic E-state index is 14.8. The van der Waals surface area contributed by atoms with Crippen LogP contribution in [-0.2, 0) is 57.7 Å². The molecule has 0 aliphatic rings. The minimum Gasteiger partial charge on any atom is -0.481 e. The number of carbonyl (C=O) groups excluding carboxylic acids is 6. The SMILES string of the molecule is CC(C)[C@H](NC(=O)C(Cc1ccccc1)Cc1ccccc1)C(=O)N[C@H](C(=O)N(C(=O)[C@@H](N)CC(=O)NCc1ccccc1)[C@@H](CC(=O)O)C(=O)N[C@@H](CC(C)(C)C)C(=O)O)C(C)C. The van der Waals surface area contributed by atoms with E-state index < -0.39 is 114 Å². The minimum absolute atomic E-state index is 0.0753. The first-order chi connectivity index (χ1) is 30.1. The van der Waals surface area contributed by atoms with Crippen LogP contribution in [0.1, 0.15) is 84.4 Å². The van der Waals surface area contributed by atoms with Gasteiger partial charge in [0.1, 0.15) is 24.2 Å². The highest BCUT2D eigenvalue weighted by Crippen LogP contribution is 2.23. The number of nitrogens with two attached hydrogens (primary N) is 1. The van der Waals surface area contributed by atoms with E-state index >= 15 is 0 Å². The first kappa shape index (κ1) is 51.9. The second-order valence-corrected chi connectivity index (χ2v) is 17.9. The zero-order chi connectivity index (χ0) is 47.7. The van der Waals surface area contributed by atoms with Gasteiger partial charge in [-0.1, -0.05) is 139 Å². The van der Waals surface area contributed by atoms with Crippen molar-refractivity contribution >= 4 is 47.4 Å². The van der Waals surface area contributed by atoms with Crippen LogP contribution in [0.25, 0.3) is 0 Å². The van der Waals surface area contributed by atoms with Crippen LogP contribution >= 0.6 is 0 Å². The van der Waals surface area contributed by atoms with E-state index in [-0.39, 0.29) is 13.0 Å². The number of imide groups is 1. The second-order valence-electron chi connectivity index (χ2n) is 17.9. The van der Waals surface area contributed by atoms with E-state index in [0.29, 0.717) is 17.7 Å². The van der Waals surface area contributed by atoms with Crippen LogP contribution < -0.4 is 27.0 Å². The van der Waals surface area contributed by atoms with Gasteiger partial charge in [-0.3, -0.25) is 38.5 Å². The standard InChI is InChI=1S/C48H64N6O10/c1-29(2)40(52-42(58)34(23-31-17-11-8-12-18-31)24-32-19-13-9-14-20-32)44(60)53-41(30(3)4)46(62)54(45(61)35(49)25-38(55)50-28-33-21-15-10-16-22-33)37(26-39(56)57)43(59)51-36(47(63)64)27-48(5,6)7/h8-22,29-30,34-37,40-41H,23-28,49H2,1-7H3,(H,50,55)(H,51,59)(H,52,58)(H,53,60)(H,56,57)(H,63,64)/t35-,36-,37-,40-,41-/m0/s1. The van der Waals surface area contributed by atoms with Gasteiger partial charge in [-0.15, -0.1) is 0 Å². The number of nitrogens with zero attached hydrogens (tertiary/aromatic N) is 1. The molecule has 3 rings (SSSR count). The molecule has 64 heavy (non-hydrogen) atoms. The minimum atomic E-state index is -2.17. The Morgan fingerprint density at radius 2 is 1.08 bits per heavy atom. The van der Waals surface area contributed by atoms with Crippen molar-refractivity contribution in [3.8, 4) is 0 Å². The van der Waals surface area contributed by atoms with Crippen LogP contribution in [0.15, 0.2) is 91.0 Å². The highest BCUT2D eigenvalue weighted by atomic mass is 16.4. The van der Waals surface area contributed by atoms with Crippen molar-refractivity contribution in [2.45, 2.75) is 117 Å². The monoisotopic (exact) mass is 884 g/mol. The van der Waals surface area contributed by atoms with E-state index in [9.17, 15) is 48.6 Å². The summed E-state index contributed by atoms with van der Waals surface area (Å²) in [5.74, 6) is -10.8. The summed E-state index contributed by atoms with van der Waals surface area (Å²) in [6.07, 6.45) is -1.26. The molecule has 0 saturated carbocycles. The molecule has 0 saturated heterocycles. The Kier molecular flexibility index (Phi) is 19.8. The number of benzene rings is 3. The van der Waals surface area contributed by atoms with Crippen molar-refractivity contribution in [2.24, 2.45) is 28.9 Å². The molecule has 0 heterocycles. The van der Waals surface area contributed by atoms with Crippen LogP contribution in [0.3, 0.4) is 0 Å². The maximum Gasteiger partial charge on any atom is 0.326 e. The fraction of sp³-hybridized carbons (Fsp3) is 0.458. The summed E-state index contributed by atoms with van der Waals surface area (Å²) in [5, 5.41) is 30.5. The molecule has 346 valence electrons. The number of hydrogen-bond acceptors (Lipinski definition) is 9. The van der Waals surface area contributed by atoms with Gasteiger partial charge in [0, 0.05) is 12.5 Å². The smallest absolute Gasteiger partial charge is 0.326 e. The molecular weight excluding hydrogens is 821 g/mol. The molecule has 16 nitrogen and oxygen atoms in total. The first-order valence-electron chi connectivity index (χ1n) is 21.4. The Bertz CT molecular complexity index is 2020. The van der Waals surface area contributed by atoms with Crippen molar-refractivity contribution in [3.05, 3.63) is 108 Å². The highest BCUT2D eigenvalue weighted by Gasteiger charge is 2.44. The highest BCUT2D eigenvalue weighted by molar-refractivity contribution is 6.07. The third-order valence-electron chi connectivity index (χ3n) is 10.4. The van der Waals surface area contributed by atoms with Gasteiger partial charge in [0.2, 0.25) is 29.5 Å². The predicted octanol–water partition coefficient (Wildman–Crippen LogP) is 3.61. The lowest BCUT2D eigenvalue weighted by molar-refractivity contribution is -0.158. The number of carbonyl (C=O) groups is 8. The van der Waals surface area contributed by atoms with Gasteiger partial charge in [-0.2, -0.15) is 0 Å². The number of carboxylic acid groups (broad SMARTS) is 2. The average Bonchev–Trinajstić information content (AvgIpc) is 3.23. The number of aliphatic carboxylic acids is 2. The summed E-state index contributed by atoms with van der Waals surface area (Å²) in [4.78, 5) is 110. The average molecular weight is 885 g/mol. The first-order valence-corrected chi connectivity index (χ1v) is 21.4. The van der Waals surface area contributed by atoms with Crippen LogP contribution in [-0.4, -0.2) is 92.7 Å². The van der Waals surface area contributed by atoms with Gasteiger partial charge in [0.25, 0.3) is 5.91 Å². The zero-order valence-corrected chi connectivity index (χ0v) is 37.7. The molecule has 3 aromatic rings. The quantitative estimate of drug-likeness (QED) is 0.0724. The van der Waals surface area contributed by atoms with Crippen LogP contribution in [0.5, 0.6) is 0 Å². The zero-order valence-electron chi connectivity index (χ0n) is 37.7. The molecule has 0 aliphatic heterocycles. The van der Waals surface area contributed by atoms with Crippen LogP contribution in [0, 0.1) is 23.2 Å². The molecule has 0 aromatic heterocycles. The van der Waals surface area contributed by atoms with E-state index in [4.69, 9.17) is 5.73 Å². The molecule has 0 unspecified atom stereocenters. The lowest BCUT2D eigenvalue weighted by Crippen LogP contribution is -2.64. The summed E-state index contributed by atoms with van der Waals surface area (Å²) in [6, 6.07) is 19.3. The molecule has 0 spiro atoms. The van der Waals surface area contributed by atoms with Gasteiger partial charge < -0.3 is 37.2 Å². The van der Waals surface area contributed by atoms with E-state index in [0.717, 1.165) is 16.7 Å². The summed E-state index contributed by atoms with van der Waals surface area (Å²) in [5.41, 5.74) is 8.18. The van der Waals surface area contributed by atoms with Crippen molar-refractivity contribution in [1.29, 1.82) is 0 Å². The fourth-order valence-electron chi connectivity index (χ4n) is 7.06. The topological polar surface area (TPSA) is 254 Å². The third-order valence-corrected chi connectivity index (χ3v) is 10.4. The summed E-state index contributed by atoms with van der Waals surface area (Å²) in [6.45, 7) is 11.7. The Hall–Kier alpha value is -6.42. The third kappa shape index (κ3) is 16.7. The molecule has 8 N–H and O–H groups in total. The Balaban J connectivity index is 2.01. The van der Waals surface area contributed by atoms with Gasteiger partial charge >= 0.3 is 11.9 Å². The van der Waals surface area contributed by atoms with Crippen LogP contribution in [0.2, 0.25) is 0 Å². The number of nitrogens with one attached hydrogen (secondary N) is 4. The van der Waals surface area contributed by atoms with Gasteiger partial charge in [-0.25, -0.2) is 4.79 Å². The van der Waals surface area contributed by atoms with E-state index in [2.05, 4.69) is 21.3 Å². The molecule has 0 fully saturated rings. The molecule has 16 heteroatoms. The van der Waals surface area contributed by atoms with Crippen molar-refractivity contribution in [1.82, 2.24) is 26.2 Å². The molecule has 6 amide bonds. The number of rotatable bonds is 23. The number of hydrogen-bond donors (Lipinski definition) is 7. The summed E-state index contributed by atoms with van der Waals surface area (Å²) < 4.78 is 0. The molecule has 5 atom stereocenters. The summed E-state index contributed by atoms with van der Waals surface area (Å²) in [7, 11) is 0. The van der Waals surface area contributed by atoms with Gasteiger partial charge in [-0.05, 0) is 53.2 Å². The fourth-order valence-corrected chi connectivity index (χ4v) is 7.06. The second kappa shape index (κ2) is 24.4. The molecule has 0 aliphatic carbocycles. The normalized spacial score (nSPS) is 13.8. The van der Waals surface area contributed by atoms with Gasteiger partial charge in [0.15, 0.2) is 0 Å². The number of carboxylic acids is 2. The molecular formula is C48H64N6O10. The lowest BCUT2D eigenvalue weighted by atomic mass is 9.88. The van der Waals surface area contributed by atoms with Crippen molar-refractivity contribution in [3.63, 3.8) is 0 Å².